The van der Waals surface area contributed by atoms with Crippen molar-refractivity contribution in [2.75, 3.05) is 45.8 Å². The number of rotatable bonds is 10. The highest BCUT2D eigenvalue weighted by Crippen LogP contribution is 1.94. The van der Waals surface area contributed by atoms with Crippen molar-refractivity contribution in [2.45, 2.75) is 27.2 Å². The summed E-state index contributed by atoms with van der Waals surface area (Å²) in [5.74, 6) is 5.27. The van der Waals surface area contributed by atoms with Gasteiger partial charge in [0.15, 0.2) is 0 Å². The van der Waals surface area contributed by atoms with E-state index in [4.69, 9.17) is 5.84 Å². The lowest BCUT2D eigenvalue weighted by Crippen LogP contribution is -2.36. The van der Waals surface area contributed by atoms with Crippen LogP contribution in [0.1, 0.15) is 27.2 Å². The Balaban J connectivity index is 3.52. The van der Waals surface area contributed by atoms with Crippen molar-refractivity contribution in [3.05, 3.63) is 0 Å². The molecule has 0 rings (SSSR count). The molecule has 15 heavy (non-hydrogen) atoms. The van der Waals surface area contributed by atoms with E-state index in [1.54, 1.807) is 0 Å². The molecule has 92 valence electrons. The van der Waals surface area contributed by atoms with Crippen LogP contribution in [0, 0.1) is 0 Å². The monoisotopic (exact) mass is 216 g/mol. The van der Waals surface area contributed by atoms with Crippen LogP contribution in [0.5, 0.6) is 0 Å². The second kappa shape index (κ2) is 10.4. The van der Waals surface area contributed by atoms with Crippen molar-refractivity contribution in [1.29, 1.82) is 0 Å². The summed E-state index contributed by atoms with van der Waals surface area (Å²) in [6.45, 7) is 14.4. The largest absolute Gasteiger partial charge is 0.304 e. The fraction of sp³-hybridized carbons (Fsp3) is 1.00. The summed E-state index contributed by atoms with van der Waals surface area (Å²) < 4.78 is 0. The van der Waals surface area contributed by atoms with Crippen molar-refractivity contribution in [2.24, 2.45) is 5.84 Å². The van der Waals surface area contributed by atoms with Gasteiger partial charge in [0.05, 0.1) is 0 Å². The number of nitrogens with one attached hydrogen (secondary N) is 1. The third-order valence-electron chi connectivity index (χ3n) is 2.86. The van der Waals surface area contributed by atoms with Crippen LogP contribution in [0.4, 0.5) is 0 Å². The fourth-order valence-corrected chi connectivity index (χ4v) is 1.71. The van der Waals surface area contributed by atoms with Crippen molar-refractivity contribution in [3.63, 3.8) is 0 Å². The van der Waals surface area contributed by atoms with Gasteiger partial charge in [-0.25, -0.2) is 0 Å². The molecule has 0 aromatic carbocycles. The van der Waals surface area contributed by atoms with Crippen LogP contribution in [-0.4, -0.2) is 55.6 Å². The molecule has 0 aliphatic carbocycles. The quantitative estimate of drug-likeness (QED) is 0.412. The van der Waals surface area contributed by atoms with E-state index >= 15 is 0 Å². The number of nitrogens with zero attached hydrogens (tertiary/aromatic N) is 2. The van der Waals surface area contributed by atoms with Crippen LogP contribution in [-0.2, 0) is 0 Å². The molecule has 0 aromatic rings. The lowest BCUT2D eigenvalue weighted by Gasteiger charge is -2.23. The molecule has 0 aliphatic rings. The Hall–Kier alpha value is -0.160. The third-order valence-corrected chi connectivity index (χ3v) is 2.86. The first kappa shape index (κ1) is 14.8. The zero-order valence-corrected chi connectivity index (χ0v) is 10.6. The van der Waals surface area contributed by atoms with Gasteiger partial charge in [-0.15, -0.1) is 0 Å². The van der Waals surface area contributed by atoms with Crippen molar-refractivity contribution < 1.29 is 0 Å². The second-order valence-electron chi connectivity index (χ2n) is 3.77. The Labute approximate surface area is 94.8 Å². The number of hydrazine groups is 1. The Kier molecular flexibility index (Phi) is 10.3. The van der Waals surface area contributed by atoms with Gasteiger partial charge in [0.25, 0.3) is 0 Å². The molecule has 0 unspecified atom stereocenters. The lowest BCUT2D eigenvalue weighted by atomic mass is 10.3. The average molecular weight is 216 g/mol. The molecule has 0 atom stereocenters. The highest BCUT2D eigenvalue weighted by atomic mass is 15.2. The van der Waals surface area contributed by atoms with Crippen LogP contribution in [0.25, 0.3) is 0 Å². The lowest BCUT2D eigenvalue weighted by molar-refractivity contribution is 0.244. The van der Waals surface area contributed by atoms with Gasteiger partial charge in [0, 0.05) is 13.1 Å². The molecule has 4 heteroatoms. The van der Waals surface area contributed by atoms with E-state index in [0.29, 0.717) is 0 Å². The molecule has 0 saturated heterocycles. The summed E-state index contributed by atoms with van der Waals surface area (Å²) in [6.07, 6.45) is 1.25. The fourth-order valence-electron chi connectivity index (χ4n) is 1.71. The van der Waals surface area contributed by atoms with E-state index in [1.165, 1.54) is 19.5 Å². The highest BCUT2D eigenvalue weighted by Gasteiger charge is 2.03. The maximum atomic E-state index is 5.27. The average Bonchev–Trinajstić information content (AvgIpc) is 2.28. The molecule has 4 nitrogen and oxygen atoms in total. The van der Waals surface area contributed by atoms with E-state index < -0.39 is 0 Å². The minimum Gasteiger partial charge on any atom is -0.304 e. The zero-order valence-electron chi connectivity index (χ0n) is 10.6. The molecular weight excluding hydrogens is 188 g/mol. The number of nitrogens with two attached hydrogens (primary N) is 1. The second-order valence-corrected chi connectivity index (χ2v) is 3.77. The molecular formula is C11H28N4. The Bertz CT molecular complexity index is 126. The van der Waals surface area contributed by atoms with Gasteiger partial charge in [0.1, 0.15) is 0 Å². The Morgan fingerprint density at radius 1 is 0.867 bits per heavy atom. The minimum absolute atomic E-state index is 0.874. The van der Waals surface area contributed by atoms with Crippen LogP contribution < -0.4 is 11.3 Å². The Morgan fingerprint density at radius 3 is 1.87 bits per heavy atom. The smallest absolute Gasteiger partial charge is 0.0225 e. The van der Waals surface area contributed by atoms with E-state index in [1.807, 2.05) is 0 Å². The van der Waals surface area contributed by atoms with Gasteiger partial charge in [-0.2, -0.15) is 0 Å². The van der Waals surface area contributed by atoms with Crippen LogP contribution >= 0.6 is 0 Å². The van der Waals surface area contributed by atoms with Gasteiger partial charge in [-0.05, 0) is 39.1 Å². The molecule has 0 bridgehead atoms. The van der Waals surface area contributed by atoms with E-state index in [9.17, 15) is 0 Å². The summed E-state index contributed by atoms with van der Waals surface area (Å²) >= 11 is 0. The van der Waals surface area contributed by atoms with E-state index in [2.05, 4.69) is 36.0 Å². The standard InChI is InChI=1S/C11H28N4/c1-4-14(5-2)9-7-10-15(6-3)11-8-13-12/h13H,4-12H2,1-3H3. The molecule has 3 N–H and O–H groups in total. The van der Waals surface area contributed by atoms with Gasteiger partial charge >= 0.3 is 0 Å². The van der Waals surface area contributed by atoms with Crippen molar-refractivity contribution in [1.82, 2.24) is 15.2 Å². The summed E-state index contributed by atoms with van der Waals surface area (Å²) in [4.78, 5) is 4.90. The number of hydrogen-bond acceptors (Lipinski definition) is 4. The molecule has 0 aromatic heterocycles. The molecule has 0 amide bonds. The molecule has 0 aliphatic heterocycles. The topological polar surface area (TPSA) is 44.5 Å². The molecule has 0 fully saturated rings. The first-order valence-electron chi connectivity index (χ1n) is 6.16. The number of hydrogen-bond donors (Lipinski definition) is 2. The first-order valence-corrected chi connectivity index (χ1v) is 6.16. The van der Waals surface area contributed by atoms with E-state index in [-0.39, 0.29) is 0 Å². The molecule has 0 saturated carbocycles. The predicted octanol–water partition coefficient (Wildman–Crippen LogP) is 0.504. The maximum absolute atomic E-state index is 5.27. The van der Waals surface area contributed by atoms with Crippen LogP contribution in [0.15, 0.2) is 0 Å². The summed E-state index contributed by atoms with van der Waals surface area (Å²) in [7, 11) is 0. The predicted molar refractivity (Wildman–Crippen MR) is 66.7 cm³/mol. The van der Waals surface area contributed by atoms with Gasteiger partial charge in [-0.1, -0.05) is 20.8 Å². The maximum Gasteiger partial charge on any atom is 0.0225 e. The van der Waals surface area contributed by atoms with Gasteiger partial charge < -0.3 is 9.80 Å². The first-order chi connectivity index (χ1) is 7.28. The van der Waals surface area contributed by atoms with E-state index in [0.717, 1.165) is 32.7 Å². The summed E-state index contributed by atoms with van der Waals surface area (Å²) in [5, 5.41) is 0. The number of likely N-dealkylation sites (N-methyl/N-ethyl adjacent to an activating group) is 1. The zero-order chi connectivity index (χ0) is 11.5. The van der Waals surface area contributed by atoms with Crippen molar-refractivity contribution in [3.8, 4) is 0 Å². The molecule has 0 spiro atoms. The Morgan fingerprint density at radius 2 is 1.40 bits per heavy atom. The summed E-state index contributed by atoms with van der Waals surface area (Å²) in [6, 6.07) is 0. The highest BCUT2D eigenvalue weighted by molar-refractivity contribution is 4.59. The van der Waals surface area contributed by atoms with Crippen LogP contribution in [0.3, 0.4) is 0 Å². The van der Waals surface area contributed by atoms with Crippen molar-refractivity contribution >= 4 is 0 Å². The van der Waals surface area contributed by atoms with Gasteiger partial charge in [0.2, 0.25) is 0 Å². The minimum atomic E-state index is 0.874. The van der Waals surface area contributed by atoms with Crippen LogP contribution in [0.2, 0.25) is 0 Å². The molecule has 0 radical (unpaired) electrons. The third kappa shape index (κ3) is 7.73. The summed E-state index contributed by atoms with van der Waals surface area (Å²) in [5.41, 5.74) is 2.70. The normalized spacial score (nSPS) is 11.6. The SMILES string of the molecule is CCN(CC)CCCN(CC)CCNN. The molecule has 0 heterocycles. The van der Waals surface area contributed by atoms with Gasteiger partial charge in [-0.3, -0.25) is 11.3 Å².